The fraction of sp³-hybridized carbons (Fsp3) is 0.0755. The van der Waals surface area contributed by atoms with Crippen LogP contribution in [0.5, 0.6) is 0 Å². The fourth-order valence-corrected chi connectivity index (χ4v) is 6.60. The topological polar surface area (TPSA) is 73.4 Å². The molecular formula is C53H45BrF3N3O2. The molecule has 8 aromatic carbocycles. The molecule has 0 saturated carbocycles. The molecule has 0 fully saturated rings. The second kappa shape index (κ2) is 20.9. The first-order valence-corrected chi connectivity index (χ1v) is 20.5. The third-order valence-electron chi connectivity index (χ3n) is 9.83. The van der Waals surface area contributed by atoms with Crippen molar-refractivity contribution in [2.24, 2.45) is 0 Å². The molecule has 5 nitrogen and oxygen atoms in total. The minimum atomic E-state index is -1.02. The van der Waals surface area contributed by atoms with E-state index < -0.39 is 5.97 Å². The Hall–Kier alpha value is -7.10. The Kier molecular flexibility index (Phi) is 15.0. The largest absolute Gasteiger partial charge is 0.478 e. The Bertz CT molecular complexity index is 2740. The van der Waals surface area contributed by atoms with Crippen LogP contribution in [-0.4, -0.2) is 11.1 Å². The number of aromatic carboxylic acids is 1. The summed E-state index contributed by atoms with van der Waals surface area (Å²) in [5.74, 6) is -1.81. The van der Waals surface area contributed by atoms with Crippen LogP contribution in [-0.2, 0) is 0 Å². The Morgan fingerprint density at radius 3 is 1.18 bits per heavy atom. The van der Waals surface area contributed by atoms with Crippen molar-refractivity contribution in [2.75, 3.05) is 16.0 Å². The number of hydrogen-bond acceptors (Lipinski definition) is 4. The highest BCUT2D eigenvalue weighted by atomic mass is 79.9. The molecule has 62 heavy (non-hydrogen) atoms. The van der Waals surface area contributed by atoms with Gasteiger partial charge in [-0.2, -0.15) is 0 Å². The molecule has 8 aromatic rings. The molecule has 0 aliphatic carbocycles. The Morgan fingerprint density at radius 2 is 0.758 bits per heavy atom. The average molecular weight is 893 g/mol. The van der Waals surface area contributed by atoms with Gasteiger partial charge in [0.1, 0.15) is 17.5 Å². The van der Waals surface area contributed by atoms with Crippen LogP contribution in [0.3, 0.4) is 0 Å². The fourth-order valence-electron chi connectivity index (χ4n) is 6.24. The van der Waals surface area contributed by atoms with E-state index >= 15 is 0 Å². The normalized spacial score (nSPS) is 10.4. The molecule has 312 valence electrons. The molecule has 0 aliphatic heterocycles. The number of benzene rings is 8. The van der Waals surface area contributed by atoms with Crippen molar-refractivity contribution in [3.05, 3.63) is 226 Å². The van der Waals surface area contributed by atoms with E-state index in [1.165, 1.54) is 47.5 Å². The van der Waals surface area contributed by atoms with Crippen LogP contribution in [0.15, 0.2) is 180 Å². The van der Waals surface area contributed by atoms with E-state index in [4.69, 9.17) is 0 Å². The van der Waals surface area contributed by atoms with Crippen molar-refractivity contribution in [2.45, 2.75) is 27.7 Å². The molecule has 0 heterocycles. The van der Waals surface area contributed by atoms with Crippen LogP contribution in [0, 0.1) is 45.1 Å². The monoisotopic (exact) mass is 891 g/mol. The second-order valence-electron chi connectivity index (χ2n) is 14.7. The smallest absolute Gasteiger partial charge is 0.337 e. The Morgan fingerprint density at radius 1 is 0.419 bits per heavy atom. The van der Waals surface area contributed by atoms with Crippen molar-refractivity contribution >= 4 is 56.0 Å². The summed E-state index contributed by atoms with van der Waals surface area (Å²) >= 11 is 3.42. The number of anilines is 6. The number of carboxylic acids is 1. The van der Waals surface area contributed by atoms with Gasteiger partial charge in [0, 0.05) is 32.9 Å². The summed E-state index contributed by atoms with van der Waals surface area (Å²) in [6.45, 7) is 8.18. The predicted molar refractivity (Wildman–Crippen MR) is 253 cm³/mol. The zero-order valence-electron chi connectivity index (χ0n) is 34.6. The highest BCUT2D eigenvalue weighted by molar-refractivity contribution is 9.10. The summed E-state index contributed by atoms with van der Waals surface area (Å²) in [6.07, 6.45) is 0. The summed E-state index contributed by atoms with van der Waals surface area (Å²) in [4.78, 5) is 11.5. The van der Waals surface area contributed by atoms with E-state index in [0.29, 0.717) is 11.4 Å². The number of rotatable bonds is 9. The van der Waals surface area contributed by atoms with E-state index in [1.807, 2.05) is 56.3 Å². The molecule has 8 rings (SSSR count). The van der Waals surface area contributed by atoms with E-state index in [-0.39, 0.29) is 23.0 Å². The molecule has 0 saturated heterocycles. The summed E-state index contributed by atoms with van der Waals surface area (Å²) in [6, 6.07) is 52.5. The van der Waals surface area contributed by atoms with E-state index in [1.54, 1.807) is 54.6 Å². The number of aryl methyl sites for hydroxylation is 4. The van der Waals surface area contributed by atoms with E-state index in [9.17, 15) is 23.1 Å². The predicted octanol–water partition coefficient (Wildman–Crippen LogP) is 15.7. The molecular weight excluding hydrogens is 847 g/mol. The first-order chi connectivity index (χ1) is 29.8. The summed E-state index contributed by atoms with van der Waals surface area (Å²) in [5.41, 5.74) is 14.0. The number of halogens is 4. The molecule has 0 radical (unpaired) electrons. The Balaban J connectivity index is 0.000000158. The lowest BCUT2D eigenvalue weighted by Gasteiger charge is -2.12. The lowest BCUT2D eigenvalue weighted by Crippen LogP contribution is -2.03. The van der Waals surface area contributed by atoms with Gasteiger partial charge in [-0.1, -0.05) is 99.9 Å². The van der Waals surface area contributed by atoms with Crippen LogP contribution >= 0.6 is 15.9 Å². The van der Waals surface area contributed by atoms with Crippen LogP contribution in [0.2, 0.25) is 0 Å². The highest BCUT2D eigenvalue weighted by Gasteiger charge is 2.12. The van der Waals surface area contributed by atoms with Gasteiger partial charge in [-0.3, -0.25) is 0 Å². The van der Waals surface area contributed by atoms with E-state index in [2.05, 4.69) is 88.2 Å². The van der Waals surface area contributed by atoms with Crippen molar-refractivity contribution in [1.82, 2.24) is 0 Å². The minimum Gasteiger partial charge on any atom is -0.478 e. The van der Waals surface area contributed by atoms with Gasteiger partial charge in [0.15, 0.2) is 0 Å². The molecule has 0 spiro atoms. The average Bonchev–Trinajstić information content (AvgIpc) is 3.26. The number of carbonyl (C=O) groups is 1. The third kappa shape index (κ3) is 12.7. The van der Waals surface area contributed by atoms with Gasteiger partial charge >= 0.3 is 5.97 Å². The van der Waals surface area contributed by atoms with Gasteiger partial charge in [-0.15, -0.1) is 0 Å². The molecule has 4 N–H and O–H groups in total. The van der Waals surface area contributed by atoms with Crippen LogP contribution in [0.1, 0.15) is 32.6 Å². The first-order valence-electron chi connectivity index (χ1n) is 19.8. The maximum absolute atomic E-state index is 13.0. The highest BCUT2D eigenvalue weighted by Crippen LogP contribution is 2.30. The molecule has 0 aromatic heterocycles. The van der Waals surface area contributed by atoms with Crippen LogP contribution < -0.4 is 16.0 Å². The van der Waals surface area contributed by atoms with Gasteiger partial charge in [0.2, 0.25) is 0 Å². The lowest BCUT2D eigenvalue weighted by atomic mass is 10.0. The lowest BCUT2D eigenvalue weighted by molar-refractivity contribution is 0.0698. The molecule has 0 unspecified atom stereocenters. The third-order valence-corrected chi connectivity index (χ3v) is 10.3. The quantitative estimate of drug-likeness (QED) is 0.116. The minimum absolute atomic E-state index is 0.162. The maximum atomic E-state index is 13.0. The molecule has 9 heteroatoms. The number of carboxylic acid groups (broad SMARTS) is 1. The summed E-state index contributed by atoms with van der Waals surface area (Å²) < 4.78 is 39.8. The summed E-state index contributed by atoms with van der Waals surface area (Å²) in [5, 5.41) is 19.0. The van der Waals surface area contributed by atoms with E-state index in [0.717, 1.165) is 60.6 Å². The number of nitrogens with one attached hydrogen (secondary N) is 3. The van der Waals surface area contributed by atoms with Crippen molar-refractivity contribution in [1.29, 1.82) is 0 Å². The SMILES string of the molecule is Cc1ccc(-c2ccc(C(=O)O)c(Nc3ccc(F)cc3)c2)cc1.Cc1ccc(-c2ccc(C)c(Nc3ccc(F)cc3)c2)cc1.Cc1ccc(Br)cc1Nc1ccc(F)cc1. The van der Waals surface area contributed by atoms with Crippen LogP contribution in [0.25, 0.3) is 22.3 Å². The Labute approximate surface area is 369 Å². The van der Waals surface area contributed by atoms with Crippen molar-refractivity contribution in [3.63, 3.8) is 0 Å². The zero-order valence-corrected chi connectivity index (χ0v) is 36.2. The molecule has 0 bridgehead atoms. The van der Waals surface area contributed by atoms with Crippen molar-refractivity contribution < 1.29 is 23.1 Å². The second-order valence-corrected chi connectivity index (χ2v) is 15.6. The molecule has 0 atom stereocenters. The molecule has 0 amide bonds. The van der Waals surface area contributed by atoms with Crippen LogP contribution in [0.4, 0.5) is 47.3 Å². The zero-order chi connectivity index (χ0) is 44.2. The summed E-state index contributed by atoms with van der Waals surface area (Å²) in [7, 11) is 0. The first kappa shape index (κ1) is 44.5. The van der Waals surface area contributed by atoms with Gasteiger partial charge in [-0.25, -0.2) is 18.0 Å². The number of hydrogen-bond donors (Lipinski definition) is 4. The van der Waals surface area contributed by atoms with Gasteiger partial charge < -0.3 is 21.1 Å². The molecule has 0 aliphatic rings. The van der Waals surface area contributed by atoms with Gasteiger partial charge in [-0.05, 0) is 164 Å². The standard InChI is InChI=1S/C20H16FNO2.C20H18FN.C13H11BrFN/c1-13-2-4-14(5-3-13)15-6-11-18(20(23)24)19(12-15)22-17-9-7-16(21)8-10-17;1-14-3-6-16(7-4-14)17-8-5-15(2)20(13-17)22-19-11-9-18(21)10-12-19;1-9-2-3-10(14)8-13(9)16-12-6-4-11(15)5-7-12/h2-12,22H,1H3,(H,23,24);3-13,22H,1-2H3;2-8,16H,1H3. The maximum Gasteiger partial charge on any atom is 0.337 e. The van der Waals surface area contributed by atoms with Gasteiger partial charge in [0.25, 0.3) is 0 Å². The van der Waals surface area contributed by atoms with Gasteiger partial charge in [0.05, 0.1) is 11.3 Å². The van der Waals surface area contributed by atoms with Crippen molar-refractivity contribution in [3.8, 4) is 22.3 Å².